The molecule has 5 aromatic carbocycles. The zero-order chi connectivity index (χ0) is 27.6. The van der Waals surface area contributed by atoms with E-state index in [9.17, 15) is 0 Å². The molecule has 42 heavy (non-hydrogen) atoms. The van der Waals surface area contributed by atoms with Crippen molar-refractivity contribution < 1.29 is 0 Å². The largest absolute Gasteiger partial charge is 0.309 e. The average Bonchev–Trinajstić information content (AvgIpc) is 3.58. The Kier molecular flexibility index (Phi) is 4.87. The second kappa shape index (κ2) is 8.88. The zero-order valence-electron chi connectivity index (χ0n) is 22.6. The van der Waals surface area contributed by atoms with Crippen LogP contribution in [0.15, 0.2) is 146 Å². The van der Waals surface area contributed by atoms with Gasteiger partial charge in [0.15, 0.2) is 0 Å². The Morgan fingerprint density at radius 3 is 1.76 bits per heavy atom. The van der Waals surface area contributed by atoms with E-state index in [1.807, 2.05) is 24.5 Å². The number of hydrogen-bond donors (Lipinski definition) is 0. The first kappa shape index (κ1) is 23.0. The minimum Gasteiger partial charge on any atom is -0.309 e. The number of para-hydroxylation sites is 3. The lowest BCUT2D eigenvalue weighted by molar-refractivity contribution is 1.14. The van der Waals surface area contributed by atoms with Crippen LogP contribution in [-0.4, -0.2) is 19.1 Å². The molecular weight excluding hydrogens is 512 g/mol. The Morgan fingerprint density at radius 2 is 1.02 bits per heavy atom. The minimum atomic E-state index is 0.968. The third-order valence-corrected chi connectivity index (χ3v) is 8.39. The smallest absolute Gasteiger partial charge is 0.145 e. The summed E-state index contributed by atoms with van der Waals surface area (Å²) < 4.78 is 4.63. The van der Waals surface area contributed by atoms with Crippen molar-refractivity contribution in [3.63, 3.8) is 0 Å². The third kappa shape index (κ3) is 3.29. The molecule has 4 aromatic heterocycles. The van der Waals surface area contributed by atoms with Gasteiger partial charge in [0, 0.05) is 50.7 Å². The van der Waals surface area contributed by atoms with Crippen molar-refractivity contribution >= 4 is 54.6 Å². The quantitative estimate of drug-likeness (QED) is 0.225. The summed E-state index contributed by atoms with van der Waals surface area (Å²) in [7, 11) is 0. The standard InChI is InChI=1S/C38H24N4/c1-3-10-27(11-4-1)41-35-19-17-26(23-32(35)33-24-40-34-16-8-7-14-30(34)37(33)41)25-18-20-36-31(22-25)29-15-9-21-39-38(29)42(36)28-12-5-2-6-13-28/h1-24H. The van der Waals surface area contributed by atoms with Crippen LogP contribution in [0.25, 0.3) is 77.1 Å². The molecule has 4 heteroatoms. The third-order valence-electron chi connectivity index (χ3n) is 8.39. The summed E-state index contributed by atoms with van der Waals surface area (Å²) in [6, 6.07) is 47.3. The van der Waals surface area contributed by atoms with Crippen molar-refractivity contribution in [1.29, 1.82) is 0 Å². The van der Waals surface area contributed by atoms with E-state index in [-0.39, 0.29) is 0 Å². The maximum Gasteiger partial charge on any atom is 0.145 e. The van der Waals surface area contributed by atoms with Crippen molar-refractivity contribution in [2.45, 2.75) is 0 Å². The van der Waals surface area contributed by atoms with E-state index in [2.05, 4.69) is 130 Å². The van der Waals surface area contributed by atoms with Gasteiger partial charge >= 0.3 is 0 Å². The molecule has 0 N–H and O–H groups in total. The van der Waals surface area contributed by atoms with Gasteiger partial charge in [0.05, 0.1) is 22.1 Å². The van der Waals surface area contributed by atoms with Crippen LogP contribution in [0.3, 0.4) is 0 Å². The summed E-state index contributed by atoms with van der Waals surface area (Å²) >= 11 is 0. The topological polar surface area (TPSA) is 35.6 Å². The molecule has 0 spiro atoms. The first-order valence-corrected chi connectivity index (χ1v) is 14.2. The molecular formula is C38H24N4. The monoisotopic (exact) mass is 536 g/mol. The van der Waals surface area contributed by atoms with Gasteiger partial charge in [-0.05, 0) is 77.9 Å². The molecule has 9 rings (SSSR count). The maximum absolute atomic E-state index is 4.85. The number of benzene rings is 5. The Labute approximate surface area is 241 Å². The molecule has 9 aromatic rings. The van der Waals surface area contributed by atoms with Crippen LogP contribution in [-0.2, 0) is 0 Å². The van der Waals surface area contributed by atoms with Crippen molar-refractivity contribution in [3.05, 3.63) is 146 Å². The first-order valence-electron chi connectivity index (χ1n) is 14.2. The van der Waals surface area contributed by atoms with Crippen molar-refractivity contribution in [2.24, 2.45) is 0 Å². The molecule has 0 unspecified atom stereocenters. The summed E-state index contributed by atoms with van der Waals surface area (Å²) in [6.07, 6.45) is 3.90. The predicted octanol–water partition coefficient (Wildman–Crippen LogP) is 9.49. The first-order chi connectivity index (χ1) is 20.8. The molecule has 0 aliphatic rings. The Morgan fingerprint density at radius 1 is 0.429 bits per heavy atom. The molecule has 0 saturated heterocycles. The van der Waals surface area contributed by atoms with E-state index in [4.69, 9.17) is 9.97 Å². The van der Waals surface area contributed by atoms with Crippen molar-refractivity contribution in [1.82, 2.24) is 19.1 Å². The Balaban J connectivity index is 1.31. The van der Waals surface area contributed by atoms with Crippen LogP contribution >= 0.6 is 0 Å². The maximum atomic E-state index is 4.85. The van der Waals surface area contributed by atoms with E-state index in [1.54, 1.807) is 0 Å². The van der Waals surface area contributed by atoms with Crippen LogP contribution < -0.4 is 0 Å². The SMILES string of the molecule is c1ccc(-n2c3ccc(-c4ccc5c(c4)c4cnc6ccccc6c4n5-c4ccccc4)cc3c3cccnc32)cc1. The lowest BCUT2D eigenvalue weighted by Gasteiger charge is -2.10. The summed E-state index contributed by atoms with van der Waals surface area (Å²) in [5.74, 6) is 0. The fourth-order valence-electron chi connectivity index (χ4n) is 6.52. The van der Waals surface area contributed by atoms with Gasteiger partial charge in [-0.2, -0.15) is 0 Å². The lowest BCUT2D eigenvalue weighted by atomic mass is 10.0. The number of hydrogen-bond acceptors (Lipinski definition) is 2. The van der Waals surface area contributed by atoms with E-state index < -0.39 is 0 Å². The molecule has 0 radical (unpaired) electrons. The highest BCUT2D eigenvalue weighted by molar-refractivity contribution is 6.18. The van der Waals surface area contributed by atoms with Crippen molar-refractivity contribution in [2.75, 3.05) is 0 Å². The highest BCUT2D eigenvalue weighted by Crippen LogP contribution is 2.39. The van der Waals surface area contributed by atoms with Gasteiger partial charge in [0.25, 0.3) is 0 Å². The van der Waals surface area contributed by atoms with E-state index in [1.165, 1.54) is 32.9 Å². The number of nitrogens with zero attached hydrogens (tertiary/aromatic N) is 4. The Bertz CT molecular complexity index is 2450. The molecule has 4 nitrogen and oxygen atoms in total. The molecule has 0 aliphatic heterocycles. The summed E-state index contributed by atoms with van der Waals surface area (Å²) in [5, 5.41) is 5.84. The summed E-state index contributed by atoms with van der Waals surface area (Å²) in [4.78, 5) is 9.63. The van der Waals surface area contributed by atoms with Gasteiger partial charge in [-0.3, -0.25) is 9.55 Å². The van der Waals surface area contributed by atoms with Gasteiger partial charge in [-0.1, -0.05) is 66.7 Å². The predicted molar refractivity (Wildman–Crippen MR) is 174 cm³/mol. The lowest BCUT2D eigenvalue weighted by Crippen LogP contribution is -1.94. The number of pyridine rings is 2. The second-order valence-electron chi connectivity index (χ2n) is 10.7. The van der Waals surface area contributed by atoms with Gasteiger partial charge in [-0.25, -0.2) is 4.98 Å². The molecule has 196 valence electrons. The molecule has 4 heterocycles. The highest BCUT2D eigenvalue weighted by Gasteiger charge is 2.18. The second-order valence-corrected chi connectivity index (χ2v) is 10.7. The zero-order valence-corrected chi connectivity index (χ0v) is 22.6. The van der Waals surface area contributed by atoms with Gasteiger partial charge in [-0.15, -0.1) is 0 Å². The summed E-state index contributed by atoms with van der Waals surface area (Å²) in [6.45, 7) is 0. The molecule has 0 saturated carbocycles. The minimum absolute atomic E-state index is 0.968. The van der Waals surface area contributed by atoms with Crippen LogP contribution in [0.2, 0.25) is 0 Å². The van der Waals surface area contributed by atoms with Crippen LogP contribution in [0.1, 0.15) is 0 Å². The van der Waals surface area contributed by atoms with Crippen molar-refractivity contribution in [3.8, 4) is 22.5 Å². The molecule has 0 atom stereocenters. The fourth-order valence-corrected chi connectivity index (χ4v) is 6.52. The van der Waals surface area contributed by atoms with Crippen LogP contribution in [0.4, 0.5) is 0 Å². The molecule has 0 bridgehead atoms. The fraction of sp³-hybridized carbons (Fsp3) is 0. The number of fused-ring (bicyclic) bond motifs is 8. The van der Waals surface area contributed by atoms with Gasteiger partial charge in [0.1, 0.15) is 5.65 Å². The molecule has 0 aliphatic carbocycles. The molecule has 0 amide bonds. The van der Waals surface area contributed by atoms with Crippen LogP contribution in [0, 0.1) is 0 Å². The normalized spacial score (nSPS) is 11.8. The highest BCUT2D eigenvalue weighted by atomic mass is 15.0. The van der Waals surface area contributed by atoms with Gasteiger partial charge < -0.3 is 4.57 Å². The van der Waals surface area contributed by atoms with E-state index >= 15 is 0 Å². The Hall–Kier alpha value is -5.74. The van der Waals surface area contributed by atoms with Crippen LogP contribution in [0.5, 0.6) is 0 Å². The van der Waals surface area contributed by atoms with E-state index in [0.717, 1.165) is 44.2 Å². The number of rotatable bonds is 3. The summed E-state index contributed by atoms with van der Waals surface area (Å²) in [5.41, 5.74) is 10.1. The number of aromatic nitrogens is 4. The molecule has 0 fully saturated rings. The average molecular weight is 537 g/mol. The van der Waals surface area contributed by atoms with E-state index in [0.29, 0.717) is 0 Å². The van der Waals surface area contributed by atoms with Gasteiger partial charge in [0.2, 0.25) is 0 Å².